The summed E-state index contributed by atoms with van der Waals surface area (Å²) < 4.78 is 14.8. The summed E-state index contributed by atoms with van der Waals surface area (Å²) in [5.74, 6) is -1.03. The van der Waals surface area contributed by atoms with Crippen LogP contribution >= 0.6 is 0 Å². The van der Waals surface area contributed by atoms with Crippen molar-refractivity contribution in [2.45, 2.75) is 0 Å². The minimum Gasteiger partial charge on any atom is -0.364 e. The standard InChI is InChI=1S/C15H12FN3O2/c1-19-7-11(8-3-2-4-9(16)5-8)10-6-12(14(17)20)18-13(10)15(19)21/h2-7,18H,1H3,(H2,17,20). The summed E-state index contributed by atoms with van der Waals surface area (Å²) >= 11 is 0. The first kappa shape index (κ1) is 13.1. The van der Waals surface area contributed by atoms with Gasteiger partial charge in [0.15, 0.2) is 0 Å². The second-order valence-electron chi connectivity index (χ2n) is 4.81. The molecule has 0 saturated carbocycles. The molecule has 5 nitrogen and oxygen atoms in total. The third kappa shape index (κ3) is 2.10. The molecule has 0 unspecified atom stereocenters. The van der Waals surface area contributed by atoms with Crippen LogP contribution in [0.15, 0.2) is 41.3 Å². The van der Waals surface area contributed by atoms with E-state index in [0.29, 0.717) is 16.5 Å². The van der Waals surface area contributed by atoms with E-state index in [1.165, 1.54) is 22.8 Å². The van der Waals surface area contributed by atoms with Gasteiger partial charge in [0.05, 0.1) is 0 Å². The van der Waals surface area contributed by atoms with E-state index in [2.05, 4.69) is 4.98 Å². The Balaban J connectivity index is 2.40. The molecule has 0 spiro atoms. The van der Waals surface area contributed by atoms with Gasteiger partial charge in [-0.1, -0.05) is 12.1 Å². The number of nitrogens with two attached hydrogens (primary N) is 1. The lowest BCUT2D eigenvalue weighted by atomic mass is 10.0. The normalized spacial score (nSPS) is 11.0. The van der Waals surface area contributed by atoms with Gasteiger partial charge in [0.1, 0.15) is 17.0 Å². The van der Waals surface area contributed by atoms with Gasteiger partial charge in [-0.25, -0.2) is 4.39 Å². The van der Waals surface area contributed by atoms with Crippen molar-refractivity contribution in [2.24, 2.45) is 12.8 Å². The van der Waals surface area contributed by atoms with Crippen LogP contribution in [-0.2, 0) is 7.05 Å². The highest BCUT2D eigenvalue weighted by molar-refractivity contribution is 6.01. The van der Waals surface area contributed by atoms with Crippen LogP contribution in [0.5, 0.6) is 0 Å². The maximum atomic E-state index is 13.4. The fourth-order valence-electron chi connectivity index (χ4n) is 2.35. The van der Waals surface area contributed by atoms with Crippen molar-refractivity contribution in [3.8, 4) is 11.1 Å². The number of aryl methyl sites for hydroxylation is 1. The van der Waals surface area contributed by atoms with Crippen molar-refractivity contribution in [1.82, 2.24) is 9.55 Å². The number of amides is 1. The lowest BCUT2D eigenvalue weighted by Crippen LogP contribution is -2.17. The predicted molar refractivity (Wildman–Crippen MR) is 77.5 cm³/mol. The van der Waals surface area contributed by atoms with Crippen LogP contribution < -0.4 is 11.3 Å². The molecule has 106 valence electrons. The lowest BCUT2D eigenvalue weighted by Gasteiger charge is -2.06. The van der Waals surface area contributed by atoms with Crippen molar-refractivity contribution in [3.63, 3.8) is 0 Å². The van der Waals surface area contributed by atoms with E-state index in [0.717, 1.165) is 0 Å². The van der Waals surface area contributed by atoms with E-state index < -0.39 is 5.91 Å². The third-order valence-corrected chi connectivity index (χ3v) is 3.37. The van der Waals surface area contributed by atoms with Crippen LogP contribution in [0.4, 0.5) is 4.39 Å². The van der Waals surface area contributed by atoms with Gasteiger partial charge in [-0.15, -0.1) is 0 Å². The highest BCUT2D eigenvalue weighted by Crippen LogP contribution is 2.27. The van der Waals surface area contributed by atoms with Crippen LogP contribution in [0, 0.1) is 5.82 Å². The zero-order chi connectivity index (χ0) is 15.1. The summed E-state index contributed by atoms with van der Waals surface area (Å²) in [5, 5.41) is 0.539. The van der Waals surface area contributed by atoms with Gasteiger partial charge < -0.3 is 15.3 Å². The second kappa shape index (κ2) is 4.59. The minimum absolute atomic E-state index is 0.144. The van der Waals surface area contributed by atoms with E-state index in [1.807, 2.05) is 0 Å². The molecule has 1 aromatic carbocycles. The molecular formula is C15H12FN3O2. The topological polar surface area (TPSA) is 80.9 Å². The van der Waals surface area contributed by atoms with E-state index in [9.17, 15) is 14.0 Å². The summed E-state index contributed by atoms with van der Waals surface area (Å²) in [6, 6.07) is 7.55. The Morgan fingerprint density at radius 2 is 2.10 bits per heavy atom. The molecule has 1 amide bonds. The highest BCUT2D eigenvalue weighted by Gasteiger charge is 2.14. The van der Waals surface area contributed by atoms with Crippen LogP contribution in [0.2, 0.25) is 0 Å². The summed E-state index contributed by atoms with van der Waals surface area (Å²) in [5.41, 5.74) is 6.64. The number of aromatic nitrogens is 2. The zero-order valence-corrected chi connectivity index (χ0v) is 11.2. The number of pyridine rings is 1. The molecule has 6 heteroatoms. The summed E-state index contributed by atoms with van der Waals surface area (Å²) in [4.78, 5) is 26.1. The van der Waals surface area contributed by atoms with Crippen molar-refractivity contribution >= 4 is 16.8 Å². The Morgan fingerprint density at radius 3 is 2.76 bits per heavy atom. The molecule has 0 saturated heterocycles. The molecule has 3 rings (SSSR count). The van der Waals surface area contributed by atoms with Gasteiger partial charge >= 0.3 is 0 Å². The average molecular weight is 285 g/mol. The first-order valence-corrected chi connectivity index (χ1v) is 6.25. The van der Waals surface area contributed by atoms with E-state index in [1.54, 1.807) is 25.4 Å². The van der Waals surface area contributed by atoms with Crippen LogP contribution in [0.1, 0.15) is 10.5 Å². The van der Waals surface area contributed by atoms with Crippen LogP contribution in [0.25, 0.3) is 22.0 Å². The Hall–Kier alpha value is -2.89. The maximum absolute atomic E-state index is 13.4. The number of carbonyl (C=O) groups excluding carboxylic acids is 1. The molecule has 3 aromatic rings. The SMILES string of the molecule is Cn1cc(-c2cccc(F)c2)c2cc(C(N)=O)[nH]c2c1=O. The number of fused-ring (bicyclic) bond motifs is 1. The molecule has 0 bridgehead atoms. The van der Waals surface area contributed by atoms with Crippen molar-refractivity contribution < 1.29 is 9.18 Å². The number of nitrogens with one attached hydrogen (secondary N) is 1. The molecule has 3 N–H and O–H groups in total. The van der Waals surface area contributed by atoms with E-state index in [-0.39, 0.29) is 22.6 Å². The molecule has 0 aliphatic carbocycles. The smallest absolute Gasteiger partial charge is 0.274 e. The van der Waals surface area contributed by atoms with Crippen molar-refractivity contribution in [3.05, 3.63) is 58.4 Å². The maximum Gasteiger partial charge on any atom is 0.274 e. The molecule has 2 aromatic heterocycles. The number of carbonyl (C=O) groups is 1. The second-order valence-corrected chi connectivity index (χ2v) is 4.81. The number of nitrogens with zero attached hydrogens (tertiary/aromatic N) is 1. The number of halogens is 1. The predicted octanol–water partition coefficient (Wildman–Crippen LogP) is 1.77. The monoisotopic (exact) mass is 285 g/mol. The number of benzene rings is 1. The Kier molecular flexibility index (Phi) is 2.86. The average Bonchev–Trinajstić information content (AvgIpc) is 2.88. The summed E-state index contributed by atoms with van der Waals surface area (Å²) in [6.45, 7) is 0. The third-order valence-electron chi connectivity index (χ3n) is 3.37. The zero-order valence-electron chi connectivity index (χ0n) is 11.2. The molecule has 21 heavy (non-hydrogen) atoms. The quantitative estimate of drug-likeness (QED) is 0.752. The number of rotatable bonds is 2. The fourth-order valence-corrected chi connectivity index (χ4v) is 2.35. The van der Waals surface area contributed by atoms with Gasteiger partial charge in [-0.05, 0) is 23.8 Å². The Morgan fingerprint density at radius 1 is 1.33 bits per heavy atom. The fraction of sp³-hybridized carbons (Fsp3) is 0.0667. The number of aromatic amines is 1. The first-order valence-electron chi connectivity index (χ1n) is 6.25. The summed E-state index contributed by atoms with van der Waals surface area (Å²) in [7, 11) is 1.59. The molecule has 0 radical (unpaired) electrons. The molecule has 0 aliphatic rings. The molecule has 0 atom stereocenters. The van der Waals surface area contributed by atoms with Crippen LogP contribution in [0.3, 0.4) is 0 Å². The molecule has 0 fully saturated rings. The van der Waals surface area contributed by atoms with Crippen LogP contribution in [-0.4, -0.2) is 15.5 Å². The minimum atomic E-state index is -0.654. The number of hydrogen-bond donors (Lipinski definition) is 2. The first-order chi connectivity index (χ1) is 9.97. The lowest BCUT2D eigenvalue weighted by molar-refractivity contribution is 0.0996. The van der Waals surface area contributed by atoms with E-state index >= 15 is 0 Å². The van der Waals surface area contributed by atoms with Gasteiger partial charge in [0, 0.05) is 24.2 Å². The van der Waals surface area contributed by atoms with Gasteiger partial charge in [-0.3, -0.25) is 9.59 Å². The molecule has 2 heterocycles. The highest BCUT2D eigenvalue weighted by atomic mass is 19.1. The Bertz CT molecular complexity index is 924. The molecular weight excluding hydrogens is 273 g/mol. The van der Waals surface area contributed by atoms with E-state index in [4.69, 9.17) is 5.73 Å². The van der Waals surface area contributed by atoms with Crippen molar-refractivity contribution in [1.29, 1.82) is 0 Å². The van der Waals surface area contributed by atoms with Gasteiger partial charge in [-0.2, -0.15) is 0 Å². The number of primary amides is 1. The van der Waals surface area contributed by atoms with Gasteiger partial charge in [0.25, 0.3) is 11.5 Å². The number of H-pyrrole nitrogens is 1. The Labute approximate surface area is 118 Å². The van der Waals surface area contributed by atoms with Gasteiger partial charge in [0.2, 0.25) is 0 Å². The number of hydrogen-bond acceptors (Lipinski definition) is 2. The molecule has 0 aliphatic heterocycles. The largest absolute Gasteiger partial charge is 0.364 e. The van der Waals surface area contributed by atoms with Crippen molar-refractivity contribution in [2.75, 3.05) is 0 Å². The summed E-state index contributed by atoms with van der Waals surface area (Å²) in [6.07, 6.45) is 1.61.